The van der Waals surface area contributed by atoms with E-state index in [0.717, 1.165) is 34.7 Å². The van der Waals surface area contributed by atoms with Crippen LogP contribution in [0.3, 0.4) is 0 Å². The summed E-state index contributed by atoms with van der Waals surface area (Å²) in [5.74, 6) is 0.627. The standard InChI is InChI=1S/C27H27F2N5O3/c1-16-15-36-10-9-33(16)27-30-12-18(13-31-27)17-7-8-23-32-24-22(35-2)11-20(25(24)34(23)14-17)19-5-3-4-6-21(19)37-26(28)29/h3-8,12-14,16,20,22,26H,9-11,15H2,1-2H3/t16-,20+,22+/m0/s1. The Hall–Kier alpha value is -3.63. The molecule has 10 heteroatoms. The number of benzene rings is 1. The zero-order valence-corrected chi connectivity index (χ0v) is 20.6. The molecule has 0 spiro atoms. The highest BCUT2D eigenvalue weighted by Crippen LogP contribution is 2.48. The van der Waals surface area contributed by atoms with E-state index in [-0.39, 0.29) is 23.8 Å². The van der Waals surface area contributed by atoms with E-state index < -0.39 is 6.61 Å². The van der Waals surface area contributed by atoms with Gasteiger partial charge in [-0.05, 0) is 31.5 Å². The molecular formula is C27H27F2N5O3. The molecule has 0 N–H and O–H groups in total. The highest BCUT2D eigenvalue weighted by molar-refractivity contribution is 5.65. The lowest BCUT2D eigenvalue weighted by Crippen LogP contribution is -2.44. The highest BCUT2D eigenvalue weighted by atomic mass is 19.3. The summed E-state index contributed by atoms with van der Waals surface area (Å²) in [6, 6.07) is 11.1. The maximum absolute atomic E-state index is 13.1. The number of alkyl halides is 2. The van der Waals surface area contributed by atoms with Crippen LogP contribution in [-0.4, -0.2) is 58.9 Å². The minimum absolute atomic E-state index is 0.164. The number of hydrogen-bond donors (Lipinski definition) is 0. The molecule has 0 unspecified atom stereocenters. The SMILES string of the molecule is CO[C@@H]1C[C@H](c2ccccc2OC(F)F)c2c1nc1ccc(-c3cnc(N4CCOC[C@@H]4C)nc3)cn21. The average molecular weight is 508 g/mol. The van der Waals surface area contributed by atoms with Gasteiger partial charge in [0.15, 0.2) is 0 Å². The maximum atomic E-state index is 13.1. The van der Waals surface area contributed by atoms with Crippen LogP contribution in [0.2, 0.25) is 0 Å². The summed E-state index contributed by atoms with van der Waals surface area (Å²) in [6.45, 7) is 1.26. The third kappa shape index (κ3) is 4.30. The van der Waals surface area contributed by atoms with Crippen LogP contribution in [0.15, 0.2) is 55.0 Å². The third-order valence-electron chi connectivity index (χ3n) is 7.16. The second kappa shape index (κ2) is 9.68. The van der Waals surface area contributed by atoms with Crippen molar-refractivity contribution in [2.75, 3.05) is 31.8 Å². The smallest absolute Gasteiger partial charge is 0.387 e. The number of ether oxygens (including phenoxy) is 3. The van der Waals surface area contributed by atoms with Crippen molar-refractivity contribution in [2.24, 2.45) is 0 Å². The van der Waals surface area contributed by atoms with E-state index in [0.29, 0.717) is 31.1 Å². The Morgan fingerprint density at radius 2 is 1.89 bits per heavy atom. The lowest BCUT2D eigenvalue weighted by Gasteiger charge is -2.33. The normalized spacial score (nSPS) is 21.5. The highest BCUT2D eigenvalue weighted by Gasteiger charge is 2.38. The van der Waals surface area contributed by atoms with Crippen molar-refractivity contribution in [1.29, 1.82) is 0 Å². The van der Waals surface area contributed by atoms with Crippen LogP contribution in [0.1, 0.15) is 42.3 Å². The van der Waals surface area contributed by atoms with E-state index >= 15 is 0 Å². The Bertz CT molecular complexity index is 1410. The summed E-state index contributed by atoms with van der Waals surface area (Å²) in [7, 11) is 1.64. The lowest BCUT2D eigenvalue weighted by atomic mass is 9.95. The molecule has 2 aliphatic rings. The molecule has 192 valence electrons. The molecule has 1 aliphatic heterocycles. The predicted octanol–water partition coefficient (Wildman–Crippen LogP) is 4.84. The molecule has 3 aromatic heterocycles. The molecule has 4 aromatic rings. The van der Waals surface area contributed by atoms with Crippen molar-refractivity contribution in [3.63, 3.8) is 0 Å². The van der Waals surface area contributed by atoms with Gasteiger partial charge in [-0.2, -0.15) is 8.78 Å². The van der Waals surface area contributed by atoms with Crippen LogP contribution in [0.25, 0.3) is 16.8 Å². The zero-order chi connectivity index (χ0) is 25.5. The number of aromatic nitrogens is 4. The molecule has 1 saturated heterocycles. The van der Waals surface area contributed by atoms with Crippen LogP contribution in [0.4, 0.5) is 14.7 Å². The average Bonchev–Trinajstić information content (AvgIpc) is 3.46. The molecule has 1 fully saturated rings. The monoisotopic (exact) mass is 507 g/mol. The Morgan fingerprint density at radius 1 is 1.08 bits per heavy atom. The van der Waals surface area contributed by atoms with Crippen LogP contribution >= 0.6 is 0 Å². The Kier molecular flexibility index (Phi) is 6.21. The number of rotatable bonds is 6. The fourth-order valence-electron chi connectivity index (χ4n) is 5.37. The largest absolute Gasteiger partial charge is 0.435 e. The summed E-state index contributed by atoms with van der Waals surface area (Å²) >= 11 is 0. The van der Waals surface area contributed by atoms with Gasteiger partial charge >= 0.3 is 6.61 Å². The summed E-state index contributed by atoms with van der Waals surface area (Å²) in [4.78, 5) is 16.2. The summed E-state index contributed by atoms with van der Waals surface area (Å²) in [5.41, 5.74) is 4.95. The van der Waals surface area contributed by atoms with Crippen molar-refractivity contribution in [1.82, 2.24) is 19.4 Å². The number of hydrogen-bond acceptors (Lipinski definition) is 7. The first-order valence-corrected chi connectivity index (χ1v) is 12.3. The van der Waals surface area contributed by atoms with Crippen LogP contribution in [0, 0.1) is 0 Å². The topological polar surface area (TPSA) is 74.0 Å². The van der Waals surface area contributed by atoms with Crippen LogP contribution in [-0.2, 0) is 9.47 Å². The number of methoxy groups -OCH3 is 1. The van der Waals surface area contributed by atoms with Gasteiger partial charge in [0.25, 0.3) is 0 Å². The number of fused-ring (bicyclic) bond motifs is 3. The van der Waals surface area contributed by atoms with Crippen molar-refractivity contribution in [3.05, 3.63) is 71.9 Å². The number of halogens is 2. The van der Waals surface area contributed by atoms with Gasteiger partial charge in [0, 0.05) is 54.9 Å². The van der Waals surface area contributed by atoms with Gasteiger partial charge in [0.1, 0.15) is 17.5 Å². The van der Waals surface area contributed by atoms with Gasteiger partial charge in [0.05, 0.1) is 30.6 Å². The predicted molar refractivity (Wildman–Crippen MR) is 133 cm³/mol. The van der Waals surface area contributed by atoms with E-state index in [4.69, 9.17) is 19.2 Å². The number of para-hydroxylation sites is 1. The van der Waals surface area contributed by atoms with E-state index in [1.165, 1.54) is 0 Å². The van der Waals surface area contributed by atoms with Crippen molar-refractivity contribution in [2.45, 2.75) is 38.0 Å². The molecule has 4 heterocycles. The lowest BCUT2D eigenvalue weighted by molar-refractivity contribution is -0.0506. The molecule has 0 radical (unpaired) electrons. The fraction of sp³-hybridized carbons (Fsp3) is 0.370. The van der Waals surface area contributed by atoms with Crippen molar-refractivity contribution >= 4 is 11.6 Å². The maximum Gasteiger partial charge on any atom is 0.387 e. The summed E-state index contributed by atoms with van der Waals surface area (Å²) in [6.07, 6.45) is 5.98. The zero-order valence-electron chi connectivity index (χ0n) is 20.6. The number of morpholine rings is 1. The van der Waals surface area contributed by atoms with Gasteiger partial charge in [-0.1, -0.05) is 18.2 Å². The number of anilines is 1. The van der Waals surface area contributed by atoms with E-state index in [1.807, 2.05) is 47.3 Å². The molecule has 1 aliphatic carbocycles. The van der Waals surface area contributed by atoms with E-state index in [2.05, 4.69) is 21.8 Å². The molecule has 0 saturated carbocycles. The quantitative estimate of drug-likeness (QED) is 0.370. The molecule has 3 atom stereocenters. The molecule has 6 rings (SSSR count). The molecule has 8 nitrogen and oxygen atoms in total. The van der Waals surface area contributed by atoms with Gasteiger partial charge in [-0.3, -0.25) is 0 Å². The first-order valence-electron chi connectivity index (χ1n) is 12.3. The van der Waals surface area contributed by atoms with Gasteiger partial charge in [0.2, 0.25) is 5.95 Å². The Balaban J connectivity index is 1.39. The van der Waals surface area contributed by atoms with Crippen LogP contribution < -0.4 is 9.64 Å². The Labute approximate surface area is 212 Å². The molecule has 0 bridgehead atoms. The second-order valence-corrected chi connectivity index (χ2v) is 9.35. The van der Waals surface area contributed by atoms with Gasteiger partial charge < -0.3 is 23.5 Å². The minimum atomic E-state index is -2.91. The molecule has 1 aromatic carbocycles. The van der Waals surface area contributed by atoms with Crippen molar-refractivity contribution < 1.29 is 23.0 Å². The number of nitrogens with zero attached hydrogens (tertiary/aromatic N) is 5. The number of pyridine rings is 1. The molecular weight excluding hydrogens is 480 g/mol. The van der Waals surface area contributed by atoms with Gasteiger partial charge in [-0.15, -0.1) is 0 Å². The van der Waals surface area contributed by atoms with Crippen LogP contribution in [0.5, 0.6) is 5.75 Å². The van der Waals surface area contributed by atoms with Crippen molar-refractivity contribution in [3.8, 4) is 16.9 Å². The minimum Gasteiger partial charge on any atom is -0.435 e. The first-order chi connectivity index (χ1) is 18.0. The fourth-order valence-corrected chi connectivity index (χ4v) is 5.37. The van der Waals surface area contributed by atoms with E-state index in [1.54, 1.807) is 19.2 Å². The van der Waals surface area contributed by atoms with E-state index in [9.17, 15) is 8.78 Å². The third-order valence-corrected chi connectivity index (χ3v) is 7.16. The number of imidazole rings is 1. The molecule has 0 amide bonds. The summed E-state index contributed by atoms with van der Waals surface area (Å²) < 4.78 is 44.4. The van der Waals surface area contributed by atoms with Gasteiger partial charge in [-0.25, -0.2) is 15.0 Å². The summed E-state index contributed by atoms with van der Waals surface area (Å²) in [5, 5.41) is 0. The second-order valence-electron chi connectivity index (χ2n) is 9.35. The first kappa shape index (κ1) is 23.7. The Morgan fingerprint density at radius 3 is 2.65 bits per heavy atom. The molecule has 37 heavy (non-hydrogen) atoms.